The van der Waals surface area contributed by atoms with E-state index in [9.17, 15) is 18.0 Å². The Morgan fingerprint density at radius 3 is 2.37 bits per heavy atom. The number of hydrogen-bond donors (Lipinski definition) is 2. The summed E-state index contributed by atoms with van der Waals surface area (Å²) in [4.78, 5) is 26.9. The second-order valence-corrected chi connectivity index (χ2v) is 10.3. The first kappa shape index (κ1) is 24.3. The van der Waals surface area contributed by atoms with Gasteiger partial charge in [-0.15, -0.1) is 0 Å². The van der Waals surface area contributed by atoms with Crippen molar-refractivity contribution in [1.82, 2.24) is 10.2 Å². The van der Waals surface area contributed by atoms with Crippen LogP contribution in [0, 0.1) is 0 Å². The van der Waals surface area contributed by atoms with Crippen molar-refractivity contribution in [2.24, 2.45) is 0 Å². The lowest BCUT2D eigenvalue weighted by molar-refractivity contribution is 0.0950. The van der Waals surface area contributed by atoms with Gasteiger partial charge in [0.1, 0.15) is 0 Å². The number of hydrogen-bond acceptors (Lipinski definition) is 4. The van der Waals surface area contributed by atoms with Crippen molar-refractivity contribution in [2.75, 3.05) is 29.8 Å². The Bertz CT molecular complexity index is 1310. The molecule has 4 rings (SSSR count). The minimum atomic E-state index is -3.83. The standard InChI is InChI=1S/C26H28N4O4S/c1-29(23-12-3-2-4-13-23)35(33,34)24-14-8-10-21(18-24)25(31)27-19-20-9-7-11-22(17-20)28-26(32)30-15-5-6-16-30/h2-4,7-14,17-18H,5-6,15-16,19H2,1H3,(H,27,31)(H,28,32). The molecular formula is C26H28N4O4S. The molecule has 35 heavy (non-hydrogen) atoms. The van der Waals surface area contributed by atoms with Crippen LogP contribution in [0.5, 0.6) is 0 Å². The summed E-state index contributed by atoms with van der Waals surface area (Å²) < 4.78 is 27.3. The van der Waals surface area contributed by atoms with Gasteiger partial charge in [0.25, 0.3) is 15.9 Å². The third-order valence-electron chi connectivity index (χ3n) is 5.90. The maximum Gasteiger partial charge on any atom is 0.321 e. The molecule has 8 nitrogen and oxygen atoms in total. The van der Waals surface area contributed by atoms with E-state index in [-0.39, 0.29) is 23.0 Å². The van der Waals surface area contributed by atoms with Gasteiger partial charge < -0.3 is 15.5 Å². The van der Waals surface area contributed by atoms with E-state index in [0.29, 0.717) is 11.4 Å². The second-order valence-electron chi connectivity index (χ2n) is 8.34. The molecule has 0 saturated carbocycles. The fourth-order valence-electron chi connectivity index (χ4n) is 3.90. The Labute approximate surface area is 205 Å². The fraction of sp³-hybridized carbons (Fsp3) is 0.231. The zero-order chi connectivity index (χ0) is 24.8. The highest BCUT2D eigenvalue weighted by molar-refractivity contribution is 7.92. The number of sulfonamides is 1. The molecule has 0 unspecified atom stereocenters. The smallest absolute Gasteiger partial charge is 0.321 e. The van der Waals surface area contributed by atoms with Crippen molar-refractivity contribution in [3.63, 3.8) is 0 Å². The highest BCUT2D eigenvalue weighted by atomic mass is 32.2. The first-order valence-electron chi connectivity index (χ1n) is 11.4. The number of nitrogens with one attached hydrogen (secondary N) is 2. The molecule has 1 saturated heterocycles. The zero-order valence-corrected chi connectivity index (χ0v) is 20.3. The van der Waals surface area contributed by atoms with Gasteiger partial charge in [-0.05, 0) is 60.9 Å². The minimum absolute atomic E-state index is 0.0307. The van der Waals surface area contributed by atoms with E-state index in [1.54, 1.807) is 47.4 Å². The zero-order valence-electron chi connectivity index (χ0n) is 19.5. The Morgan fingerprint density at radius 2 is 1.63 bits per heavy atom. The largest absolute Gasteiger partial charge is 0.348 e. The van der Waals surface area contributed by atoms with Crippen LogP contribution in [0.1, 0.15) is 28.8 Å². The summed E-state index contributed by atoms with van der Waals surface area (Å²) in [5.74, 6) is -0.393. The van der Waals surface area contributed by atoms with Crippen LogP contribution < -0.4 is 14.9 Å². The molecule has 182 valence electrons. The van der Waals surface area contributed by atoms with E-state index >= 15 is 0 Å². The Morgan fingerprint density at radius 1 is 0.914 bits per heavy atom. The molecule has 9 heteroatoms. The molecule has 0 radical (unpaired) electrons. The molecule has 0 atom stereocenters. The lowest BCUT2D eigenvalue weighted by Gasteiger charge is -2.19. The van der Waals surface area contributed by atoms with Gasteiger partial charge in [0, 0.05) is 37.9 Å². The number of likely N-dealkylation sites (tertiary alicyclic amines) is 1. The molecular weight excluding hydrogens is 464 g/mol. The average Bonchev–Trinajstić information content (AvgIpc) is 3.43. The summed E-state index contributed by atoms with van der Waals surface area (Å²) in [6.07, 6.45) is 2.04. The number of carbonyl (C=O) groups is 2. The number of urea groups is 1. The van der Waals surface area contributed by atoms with Crippen LogP contribution in [-0.4, -0.2) is 45.4 Å². The second kappa shape index (κ2) is 10.6. The molecule has 0 bridgehead atoms. The molecule has 0 spiro atoms. The Balaban J connectivity index is 1.41. The summed E-state index contributed by atoms with van der Waals surface area (Å²) in [5.41, 5.74) is 2.24. The average molecular weight is 493 g/mol. The van der Waals surface area contributed by atoms with Crippen LogP contribution in [0.25, 0.3) is 0 Å². The van der Waals surface area contributed by atoms with Crippen molar-refractivity contribution >= 4 is 33.3 Å². The highest BCUT2D eigenvalue weighted by Gasteiger charge is 2.22. The van der Waals surface area contributed by atoms with Crippen molar-refractivity contribution in [3.05, 3.63) is 90.0 Å². The lowest BCUT2D eigenvalue weighted by atomic mass is 10.1. The van der Waals surface area contributed by atoms with E-state index in [1.807, 2.05) is 24.3 Å². The third-order valence-corrected chi connectivity index (χ3v) is 7.68. The maximum atomic E-state index is 13.1. The maximum absolute atomic E-state index is 13.1. The third kappa shape index (κ3) is 5.81. The monoisotopic (exact) mass is 492 g/mol. The van der Waals surface area contributed by atoms with Crippen LogP contribution in [0.2, 0.25) is 0 Å². The number of carbonyl (C=O) groups excluding carboxylic acids is 2. The van der Waals surface area contributed by atoms with E-state index < -0.39 is 15.9 Å². The predicted molar refractivity (Wildman–Crippen MR) is 136 cm³/mol. The van der Waals surface area contributed by atoms with Gasteiger partial charge in [0.2, 0.25) is 0 Å². The summed E-state index contributed by atoms with van der Waals surface area (Å²) in [6, 6.07) is 21.9. The van der Waals surface area contributed by atoms with Gasteiger partial charge in [-0.2, -0.15) is 0 Å². The Hall–Kier alpha value is -3.85. The van der Waals surface area contributed by atoms with E-state index in [4.69, 9.17) is 0 Å². The van der Waals surface area contributed by atoms with Crippen LogP contribution in [0.15, 0.2) is 83.8 Å². The number of nitrogens with zero attached hydrogens (tertiary/aromatic N) is 2. The lowest BCUT2D eigenvalue weighted by Crippen LogP contribution is -2.32. The SMILES string of the molecule is CN(c1ccccc1)S(=O)(=O)c1cccc(C(=O)NCc2cccc(NC(=O)N3CCCC3)c2)c1. The molecule has 1 heterocycles. The first-order valence-corrected chi connectivity index (χ1v) is 12.9. The normalized spacial score (nSPS) is 13.3. The van der Waals surface area contributed by atoms with Crippen LogP contribution in [-0.2, 0) is 16.6 Å². The van der Waals surface area contributed by atoms with E-state index in [0.717, 1.165) is 31.5 Å². The molecule has 1 fully saturated rings. The minimum Gasteiger partial charge on any atom is -0.348 e. The number of para-hydroxylation sites is 1. The highest BCUT2D eigenvalue weighted by Crippen LogP contribution is 2.22. The van der Waals surface area contributed by atoms with Crippen LogP contribution in [0.4, 0.5) is 16.2 Å². The van der Waals surface area contributed by atoms with E-state index in [1.165, 1.54) is 23.5 Å². The molecule has 2 N–H and O–H groups in total. The van der Waals surface area contributed by atoms with Crippen LogP contribution >= 0.6 is 0 Å². The molecule has 0 aromatic heterocycles. The number of rotatable bonds is 7. The number of benzene rings is 3. The van der Waals surface area contributed by atoms with Crippen molar-refractivity contribution in [3.8, 4) is 0 Å². The van der Waals surface area contributed by atoms with Gasteiger partial charge in [0.05, 0.1) is 10.6 Å². The van der Waals surface area contributed by atoms with Crippen molar-refractivity contribution < 1.29 is 18.0 Å². The van der Waals surface area contributed by atoms with Gasteiger partial charge in [0.15, 0.2) is 0 Å². The van der Waals surface area contributed by atoms with Gasteiger partial charge in [-0.1, -0.05) is 36.4 Å². The number of anilines is 2. The van der Waals surface area contributed by atoms with Crippen molar-refractivity contribution in [1.29, 1.82) is 0 Å². The quantitative estimate of drug-likeness (QED) is 0.519. The molecule has 3 aromatic rings. The van der Waals surface area contributed by atoms with Crippen molar-refractivity contribution in [2.45, 2.75) is 24.3 Å². The molecule has 1 aliphatic rings. The topological polar surface area (TPSA) is 98.8 Å². The summed E-state index contributed by atoms with van der Waals surface area (Å²) in [7, 11) is -2.35. The molecule has 1 aliphatic heterocycles. The van der Waals surface area contributed by atoms with Crippen LogP contribution in [0.3, 0.4) is 0 Å². The molecule has 3 aromatic carbocycles. The van der Waals surface area contributed by atoms with E-state index in [2.05, 4.69) is 10.6 Å². The predicted octanol–water partition coefficient (Wildman–Crippen LogP) is 4.07. The van der Waals surface area contributed by atoms with Gasteiger partial charge >= 0.3 is 6.03 Å². The summed E-state index contributed by atoms with van der Waals surface area (Å²) in [5, 5.41) is 5.71. The molecule has 0 aliphatic carbocycles. The summed E-state index contributed by atoms with van der Waals surface area (Å²) in [6.45, 7) is 1.75. The van der Waals surface area contributed by atoms with Gasteiger partial charge in [-0.25, -0.2) is 13.2 Å². The number of amides is 3. The first-order chi connectivity index (χ1) is 16.8. The fourth-order valence-corrected chi connectivity index (χ4v) is 5.14. The van der Waals surface area contributed by atoms with Gasteiger partial charge in [-0.3, -0.25) is 9.10 Å². The molecule has 3 amide bonds. The Kier molecular flexibility index (Phi) is 7.36. The summed E-state index contributed by atoms with van der Waals surface area (Å²) >= 11 is 0.